The highest BCUT2D eigenvalue weighted by atomic mass is 16.5. The fourth-order valence-electron chi connectivity index (χ4n) is 2.68. The van der Waals surface area contributed by atoms with Crippen LogP contribution in [-0.2, 0) is 0 Å². The largest absolute Gasteiger partial charge is 0.497 e. The summed E-state index contributed by atoms with van der Waals surface area (Å²) in [6.45, 7) is 4.07. The molecular formula is C18H23N7O4. The molecule has 11 nitrogen and oxygen atoms in total. The molecule has 0 aliphatic heterocycles. The topological polar surface area (TPSA) is 140 Å². The van der Waals surface area contributed by atoms with Crippen molar-refractivity contribution in [3.8, 4) is 23.1 Å². The Labute approximate surface area is 167 Å². The average molecular weight is 401 g/mol. The number of H-pyrrole nitrogens is 1. The van der Waals surface area contributed by atoms with Crippen molar-refractivity contribution in [1.82, 2.24) is 30.6 Å². The van der Waals surface area contributed by atoms with Crippen molar-refractivity contribution in [2.45, 2.75) is 26.3 Å². The molecule has 3 rings (SSSR count). The van der Waals surface area contributed by atoms with Gasteiger partial charge in [-0.05, 0) is 12.3 Å². The van der Waals surface area contributed by atoms with E-state index in [-0.39, 0.29) is 17.6 Å². The lowest BCUT2D eigenvalue weighted by atomic mass is 10.0. The van der Waals surface area contributed by atoms with E-state index >= 15 is 0 Å². The van der Waals surface area contributed by atoms with Crippen LogP contribution in [0.4, 0.5) is 10.5 Å². The Morgan fingerprint density at radius 1 is 1.21 bits per heavy atom. The molecule has 0 unspecified atom stereocenters. The van der Waals surface area contributed by atoms with Gasteiger partial charge in [0.1, 0.15) is 23.9 Å². The molecule has 0 spiro atoms. The van der Waals surface area contributed by atoms with Gasteiger partial charge in [0.25, 0.3) is 0 Å². The molecule has 154 valence electrons. The molecular weight excluding hydrogens is 378 g/mol. The van der Waals surface area contributed by atoms with Gasteiger partial charge in [-0.2, -0.15) is 10.1 Å². The molecule has 29 heavy (non-hydrogen) atoms. The van der Waals surface area contributed by atoms with Gasteiger partial charge in [0.15, 0.2) is 5.82 Å². The predicted octanol–water partition coefficient (Wildman–Crippen LogP) is 2.78. The summed E-state index contributed by atoms with van der Waals surface area (Å²) >= 11 is 0. The van der Waals surface area contributed by atoms with E-state index < -0.39 is 12.1 Å². The number of nitrogens with zero attached hydrogens (tertiary/aromatic N) is 4. The van der Waals surface area contributed by atoms with Crippen LogP contribution in [0, 0.1) is 5.92 Å². The SMILES string of the molecule is COc1cc(NC(=O)N[C@@H](CC(C)C)c2nc(-c3ncn[nH]3)no2)cc(OC)c1. The van der Waals surface area contributed by atoms with Crippen LogP contribution in [0.5, 0.6) is 11.5 Å². The molecule has 0 aliphatic rings. The van der Waals surface area contributed by atoms with E-state index in [2.05, 4.69) is 36.0 Å². The van der Waals surface area contributed by atoms with Crippen molar-refractivity contribution in [3.05, 3.63) is 30.4 Å². The van der Waals surface area contributed by atoms with Crippen LogP contribution in [0.15, 0.2) is 29.0 Å². The van der Waals surface area contributed by atoms with Gasteiger partial charge in [0.2, 0.25) is 11.7 Å². The fraction of sp³-hybridized carbons (Fsp3) is 0.389. The van der Waals surface area contributed by atoms with E-state index in [1.807, 2.05) is 13.8 Å². The second-order valence-corrected chi connectivity index (χ2v) is 6.67. The molecule has 1 atom stereocenters. The molecule has 1 aromatic carbocycles. The first kappa shape index (κ1) is 20.1. The second-order valence-electron chi connectivity index (χ2n) is 6.67. The fourth-order valence-corrected chi connectivity index (χ4v) is 2.68. The molecule has 2 heterocycles. The minimum Gasteiger partial charge on any atom is -0.497 e. The van der Waals surface area contributed by atoms with Gasteiger partial charge in [0.05, 0.1) is 14.2 Å². The number of benzene rings is 1. The maximum Gasteiger partial charge on any atom is 0.319 e. The molecule has 3 aromatic rings. The maximum atomic E-state index is 12.6. The first-order valence-electron chi connectivity index (χ1n) is 8.98. The van der Waals surface area contributed by atoms with E-state index in [4.69, 9.17) is 14.0 Å². The summed E-state index contributed by atoms with van der Waals surface area (Å²) in [5, 5.41) is 16.0. The Hall–Kier alpha value is -3.63. The van der Waals surface area contributed by atoms with E-state index in [9.17, 15) is 4.79 Å². The van der Waals surface area contributed by atoms with Gasteiger partial charge in [0, 0.05) is 23.9 Å². The second kappa shape index (κ2) is 9.04. The molecule has 11 heteroatoms. The average Bonchev–Trinajstić information content (AvgIpc) is 3.38. The number of methoxy groups -OCH3 is 2. The van der Waals surface area contributed by atoms with Crippen LogP contribution in [0.25, 0.3) is 11.6 Å². The normalized spacial score (nSPS) is 11.9. The third-order valence-electron chi connectivity index (χ3n) is 3.99. The number of aromatic amines is 1. The van der Waals surface area contributed by atoms with E-state index in [1.54, 1.807) is 32.4 Å². The van der Waals surface area contributed by atoms with Crippen molar-refractivity contribution in [2.75, 3.05) is 19.5 Å². The summed E-state index contributed by atoms with van der Waals surface area (Å²) in [6.07, 6.45) is 1.96. The number of carbonyl (C=O) groups excluding carboxylic acids is 1. The van der Waals surface area contributed by atoms with Gasteiger partial charge >= 0.3 is 6.03 Å². The van der Waals surface area contributed by atoms with Crippen LogP contribution >= 0.6 is 0 Å². The van der Waals surface area contributed by atoms with Crippen LogP contribution in [0.1, 0.15) is 32.2 Å². The number of urea groups is 1. The Balaban J connectivity index is 1.74. The number of rotatable bonds is 8. The molecule has 0 radical (unpaired) electrons. The number of carbonyl (C=O) groups is 1. The highest BCUT2D eigenvalue weighted by molar-refractivity contribution is 5.90. The lowest BCUT2D eigenvalue weighted by molar-refractivity contribution is 0.240. The van der Waals surface area contributed by atoms with Gasteiger partial charge in [-0.3, -0.25) is 5.10 Å². The van der Waals surface area contributed by atoms with Gasteiger partial charge in [-0.15, -0.1) is 0 Å². The Bertz CT molecular complexity index is 917. The number of hydrogen-bond acceptors (Lipinski definition) is 8. The zero-order valence-corrected chi connectivity index (χ0v) is 16.6. The number of nitrogens with one attached hydrogen (secondary N) is 3. The van der Waals surface area contributed by atoms with E-state index in [1.165, 1.54) is 6.33 Å². The molecule has 3 N–H and O–H groups in total. The van der Waals surface area contributed by atoms with Gasteiger partial charge in [-0.1, -0.05) is 19.0 Å². The summed E-state index contributed by atoms with van der Waals surface area (Å²) in [7, 11) is 3.08. The number of ether oxygens (including phenoxy) is 2. The van der Waals surface area contributed by atoms with Crippen LogP contribution in [0.3, 0.4) is 0 Å². The van der Waals surface area contributed by atoms with Crippen molar-refractivity contribution in [2.24, 2.45) is 5.92 Å². The molecule has 0 fully saturated rings. The lowest BCUT2D eigenvalue weighted by Crippen LogP contribution is -2.33. The minimum absolute atomic E-state index is 0.269. The Kier molecular flexibility index (Phi) is 6.27. The number of aromatic nitrogens is 5. The van der Waals surface area contributed by atoms with E-state index in [0.29, 0.717) is 29.4 Å². The minimum atomic E-state index is -0.480. The number of anilines is 1. The summed E-state index contributed by atoms with van der Waals surface area (Å²) < 4.78 is 15.8. The van der Waals surface area contributed by atoms with Crippen LogP contribution < -0.4 is 20.1 Å². The highest BCUT2D eigenvalue weighted by Crippen LogP contribution is 2.26. The van der Waals surface area contributed by atoms with E-state index in [0.717, 1.165) is 0 Å². The molecule has 2 aromatic heterocycles. The molecule has 0 aliphatic carbocycles. The first-order chi connectivity index (χ1) is 14.0. The Morgan fingerprint density at radius 2 is 1.93 bits per heavy atom. The molecule has 2 amide bonds. The monoisotopic (exact) mass is 401 g/mol. The van der Waals surface area contributed by atoms with Gasteiger partial charge in [-0.25, -0.2) is 9.78 Å². The summed E-state index contributed by atoms with van der Waals surface area (Å²) in [5.41, 5.74) is 0.523. The Morgan fingerprint density at radius 3 is 2.52 bits per heavy atom. The maximum absolute atomic E-state index is 12.6. The van der Waals surface area contributed by atoms with Gasteiger partial charge < -0.3 is 24.6 Å². The standard InChI is InChI=1S/C18H23N7O4/c1-10(2)5-14(17-23-16(25-29-17)15-19-9-20-24-15)22-18(26)21-11-6-12(27-3)8-13(7-11)28-4/h6-10,14H,5H2,1-4H3,(H,19,20,24)(H2,21,22,26)/t14-/m0/s1. The molecule has 0 saturated heterocycles. The summed E-state index contributed by atoms with van der Waals surface area (Å²) in [5.74, 6) is 2.34. The van der Waals surface area contributed by atoms with Crippen molar-refractivity contribution >= 4 is 11.7 Å². The zero-order chi connectivity index (χ0) is 20.8. The third-order valence-corrected chi connectivity index (χ3v) is 3.99. The predicted molar refractivity (Wildman–Crippen MR) is 104 cm³/mol. The molecule has 0 saturated carbocycles. The van der Waals surface area contributed by atoms with Crippen molar-refractivity contribution in [1.29, 1.82) is 0 Å². The summed E-state index contributed by atoms with van der Waals surface area (Å²) in [6, 6.07) is 4.19. The van der Waals surface area contributed by atoms with Crippen LogP contribution in [-0.4, -0.2) is 45.6 Å². The first-order valence-corrected chi connectivity index (χ1v) is 8.98. The van der Waals surface area contributed by atoms with Crippen molar-refractivity contribution in [3.63, 3.8) is 0 Å². The summed E-state index contributed by atoms with van der Waals surface area (Å²) in [4.78, 5) is 20.9. The number of amides is 2. The highest BCUT2D eigenvalue weighted by Gasteiger charge is 2.23. The number of hydrogen-bond donors (Lipinski definition) is 3. The van der Waals surface area contributed by atoms with Crippen LogP contribution in [0.2, 0.25) is 0 Å². The third kappa shape index (κ3) is 5.21. The quantitative estimate of drug-likeness (QED) is 0.523. The lowest BCUT2D eigenvalue weighted by Gasteiger charge is -2.18. The molecule has 0 bridgehead atoms. The van der Waals surface area contributed by atoms with Crippen molar-refractivity contribution < 1.29 is 18.8 Å². The zero-order valence-electron chi connectivity index (χ0n) is 16.6. The smallest absolute Gasteiger partial charge is 0.319 e.